The molecular weight excluding hydrogens is 418 g/mol. The van der Waals surface area contributed by atoms with Gasteiger partial charge in [0.15, 0.2) is 0 Å². The molecule has 19 heavy (non-hydrogen) atoms. The van der Waals surface area contributed by atoms with E-state index in [0.717, 1.165) is 19.6 Å². The minimum Gasteiger partial charge on any atom is -0.495 e. The normalized spacial score (nSPS) is 11.3. The Hall–Kier alpha value is -0.570. The third-order valence-corrected chi connectivity index (χ3v) is 6.19. The maximum atomic E-state index is 12.2. The molecule has 8 heteroatoms. The van der Waals surface area contributed by atoms with Crippen molar-refractivity contribution in [2.24, 2.45) is 0 Å². The lowest BCUT2D eigenvalue weighted by Crippen LogP contribution is -2.12. The monoisotopic (exact) mass is 425 g/mol. The lowest BCUT2D eigenvalue weighted by atomic mass is 10.3. The summed E-state index contributed by atoms with van der Waals surface area (Å²) in [6.07, 6.45) is 0. The molecule has 0 fully saturated rings. The minimum atomic E-state index is -3.60. The van der Waals surface area contributed by atoms with Gasteiger partial charge in [-0.15, -0.1) is 11.3 Å². The van der Waals surface area contributed by atoms with Gasteiger partial charge in [-0.1, -0.05) is 15.9 Å². The molecule has 0 aliphatic heterocycles. The number of anilines is 1. The van der Waals surface area contributed by atoms with Crippen LogP contribution >= 0.6 is 43.2 Å². The summed E-state index contributed by atoms with van der Waals surface area (Å²) in [5, 5.41) is 0. The Labute approximate surface area is 132 Å². The molecule has 1 N–H and O–H groups in total. The number of methoxy groups -OCH3 is 1. The maximum Gasteiger partial charge on any atom is 0.271 e. The molecular formula is C11H9Br2NO3S2. The van der Waals surface area contributed by atoms with E-state index in [0.29, 0.717) is 11.4 Å². The van der Waals surface area contributed by atoms with E-state index in [2.05, 4.69) is 36.6 Å². The predicted molar refractivity (Wildman–Crippen MR) is 83.5 cm³/mol. The van der Waals surface area contributed by atoms with Gasteiger partial charge in [-0.2, -0.15) is 0 Å². The first-order valence-electron chi connectivity index (χ1n) is 5.04. The Bertz CT molecular complexity index is 698. The van der Waals surface area contributed by atoms with E-state index in [1.54, 1.807) is 30.3 Å². The summed E-state index contributed by atoms with van der Waals surface area (Å²) in [5.41, 5.74) is 0.390. The average Bonchev–Trinajstić information content (AvgIpc) is 2.76. The summed E-state index contributed by atoms with van der Waals surface area (Å²) >= 11 is 7.69. The fourth-order valence-corrected chi connectivity index (χ4v) is 4.83. The number of ether oxygens (including phenoxy) is 1. The second kappa shape index (κ2) is 5.82. The highest BCUT2D eigenvalue weighted by atomic mass is 79.9. The molecule has 1 aromatic heterocycles. The molecule has 0 unspecified atom stereocenters. The second-order valence-electron chi connectivity index (χ2n) is 3.51. The van der Waals surface area contributed by atoms with Gasteiger partial charge < -0.3 is 4.74 Å². The molecule has 1 heterocycles. The number of hydrogen-bond donors (Lipinski definition) is 1. The van der Waals surface area contributed by atoms with Gasteiger partial charge >= 0.3 is 0 Å². The van der Waals surface area contributed by atoms with Crippen LogP contribution in [0.4, 0.5) is 5.69 Å². The summed E-state index contributed by atoms with van der Waals surface area (Å²) in [6, 6.07) is 8.35. The minimum absolute atomic E-state index is 0.237. The Morgan fingerprint density at radius 1 is 1.21 bits per heavy atom. The third-order valence-electron chi connectivity index (χ3n) is 2.22. The second-order valence-corrected chi connectivity index (χ2v) is 8.80. The highest BCUT2D eigenvalue weighted by Crippen LogP contribution is 2.32. The van der Waals surface area contributed by atoms with Crippen LogP contribution in [0.5, 0.6) is 5.75 Å². The van der Waals surface area contributed by atoms with Crippen LogP contribution in [-0.4, -0.2) is 15.5 Å². The highest BCUT2D eigenvalue weighted by Gasteiger charge is 2.18. The van der Waals surface area contributed by atoms with E-state index < -0.39 is 10.0 Å². The molecule has 0 aliphatic carbocycles. The Morgan fingerprint density at radius 3 is 2.53 bits per heavy atom. The van der Waals surface area contributed by atoms with Crippen LogP contribution in [0.1, 0.15) is 0 Å². The van der Waals surface area contributed by atoms with E-state index in [1.165, 1.54) is 7.11 Å². The van der Waals surface area contributed by atoms with Crippen molar-refractivity contribution in [3.63, 3.8) is 0 Å². The van der Waals surface area contributed by atoms with Crippen molar-refractivity contribution < 1.29 is 13.2 Å². The smallest absolute Gasteiger partial charge is 0.271 e. The van der Waals surface area contributed by atoms with Gasteiger partial charge in [-0.05, 0) is 46.3 Å². The van der Waals surface area contributed by atoms with Gasteiger partial charge in [-0.3, -0.25) is 4.72 Å². The molecule has 2 rings (SSSR count). The molecule has 4 nitrogen and oxygen atoms in total. The quantitative estimate of drug-likeness (QED) is 0.801. The number of benzene rings is 1. The zero-order valence-corrected chi connectivity index (χ0v) is 14.5. The molecule has 2 aromatic rings. The number of halogens is 2. The van der Waals surface area contributed by atoms with Crippen LogP contribution in [0.25, 0.3) is 0 Å². The van der Waals surface area contributed by atoms with E-state index >= 15 is 0 Å². The first-order valence-corrected chi connectivity index (χ1v) is 8.92. The van der Waals surface area contributed by atoms with Gasteiger partial charge in [0.05, 0.1) is 16.6 Å². The third kappa shape index (κ3) is 3.50. The van der Waals surface area contributed by atoms with Crippen LogP contribution in [0.15, 0.2) is 42.8 Å². The zero-order chi connectivity index (χ0) is 14.0. The predicted octanol–water partition coefficient (Wildman–Crippen LogP) is 4.08. The molecule has 0 saturated carbocycles. The van der Waals surface area contributed by atoms with E-state index in [-0.39, 0.29) is 4.21 Å². The van der Waals surface area contributed by atoms with Crippen molar-refractivity contribution in [1.82, 2.24) is 0 Å². The molecule has 0 amide bonds. The van der Waals surface area contributed by atoms with Gasteiger partial charge in [-0.25, -0.2) is 8.42 Å². The first-order chi connectivity index (χ1) is 8.92. The Balaban J connectivity index is 2.38. The molecule has 102 valence electrons. The summed E-state index contributed by atoms with van der Waals surface area (Å²) in [6.45, 7) is 0. The van der Waals surface area contributed by atoms with Crippen molar-refractivity contribution in [1.29, 1.82) is 0 Å². The standard InChI is InChI=1S/C11H9Br2NO3S2/c1-17-9-3-2-7(12)6-8(9)14-19(15,16)11-5-4-10(13)18-11/h2-6,14H,1H3. The van der Waals surface area contributed by atoms with Crippen molar-refractivity contribution in [3.05, 3.63) is 38.6 Å². The number of nitrogens with one attached hydrogen (secondary N) is 1. The fourth-order valence-electron chi connectivity index (χ4n) is 1.40. The van der Waals surface area contributed by atoms with E-state index in [9.17, 15) is 8.42 Å². The van der Waals surface area contributed by atoms with Crippen LogP contribution in [0.3, 0.4) is 0 Å². The van der Waals surface area contributed by atoms with Crippen molar-refractivity contribution >= 4 is 58.9 Å². The van der Waals surface area contributed by atoms with E-state index in [4.69, 9.17) is 4.74 Å². The molecule has 0 atom stereocenters. The van der Waals surface area contributed by atoms with Crippen LogP contribution < -0.4 is 9.46 Å². The summed E-state index contributed by atoms with van der Waals surface area (Å²) in [7, 11) is -2.12. The van der Waals surface area contributed by atoms with Crippen LogP contribution in [0, 0.1) is 0 Å². The van der Waals surface area contributed by atoms with Gasteiger partial charge in [0.2, 0.25) is 0 Å². The lowest BCUT2D eigenvalue weighted by Gasteiger charge is -2.11. The largest absolute Gasteiger partial charge is 0.495 e. The highest BCUT2D eigenvalue weighted by molar-refractivity contribution is 9.11. The maximum absolute atomic E-state index is 12.2. The van der Waals surface area contributed by atoms with Crippen molar-refractivity contribution in [3.8, 4) is 5.75 Å². The summed E-state index contributed by atoms with van der Waals surface area (Å²) < 4.78 is 33.8. The van der Waals surface area contributed by atoms with Crippen LogP contribution in [-0.2, 0) is 10.0 Å². The Morgan fingerprint density at radius 2 is 1.95 bits per heavy atom. The average molecular weight is 427 g/mol. The topological polar surface area (TPSA) is 55.4 Å². The molecule has 0 aliphatic rings. The molecule has 0 saturated heterocycles. The summed E-state index contributed by atoms with van der Waals surface area (Å²) in [5.74, 6) is 0.461. The van der Waals surface area contributed by atoms with Crippen molar-refractivity contribution in [2.75, 3.05) is 11.8 Å². The van der Waals surface area contributed by atoms with Crippen molar-refractivity contribution in [2.45, 2.75) is 4.21 Å². The van der Waals surface area contributed by atoms with Gasteiger partial charge in [0, 0.05) is 4.47 Å². The zero-order valence-electron chi connectivity index (χ0n) is 9.68. The molecule has 1 aromatic carbocycles. The molecule has 0 spiro atoms. The van der Waals surface area contributed by atoms with Crippen LogP contribution in [0.2, 0.25) is 0 Å². The first kappa shape index (κ1) is 14.8. The SMILES string of the molecule is COc1ccc(Br)cc1NS(=O)(=O)c1ccc(Br)s1. The molecule has 0 radical (unpaired) electrons. The fraction of sp³-hybridized carbons (Fsp3) is 0.0909. The number of hydrogen-bond acceptors (Lipinski definition) is 4. The van der Waals surface area contributed by atoms with Gasteiger partial charge in [0.25, 0.3) is 10.0 Å². The molecule has 0 bridgehead atoms. The number of thiophene rings is 1. The summed E-state index contributed by atoms with van der Waals surface area (Å²) in [4.78, 5) is 0. The Kier molecular flexibility index (Phi) is 4.54. The number of rotatable bonds is 4. The number of sulfonamides is 1. The van der Waals surface area contributed by atoms with Gasteiger partial charge in [0.1, 0.15) is 9.96 Å². The van der Waals surface area contributed by atoms with E-state index in [1.807, 2.05) is 0 Å². The lowest BCUT2D eigenvalue weighted by molar-refractivity contribution is 0.417.